The lowest BCUT2D eigenvalue weighted by molar-refractivity contribution is -0.138. The lowest BCUT2D eigenvalue weighted by atomic mass is 10.3. The monoisotopic (exact) mass is 291 g/mol. The molecule has 0 amide bonds. The zero-order chi connectivity index (χ0) is 9.68. The maximum Gasteiger partial charge on any atom is 0.325 e. The molecule has 0 radical (unpaired) electrons. The number of esters is 1. The van der Waals surface area contributed by atoms with E-state index in [1.165, 1.54) is 10.7 Å². The number of hydrogen-bond donors (Lipinski definition) is 1. The Kier molecular flexibility index (Phi) is 4.01. The maximum atomic E-state index is 10.8. The lowest BCUT2D eigenvalue weighted by Crippen LogP contribution is -2.14. The van der Waals surface area contributed by atoms with Gasteiger partial charge in [-0.05, 0) is 46.9 Å². The van der Waals surface area contributed by atoms with Crippen LogP contribution in [0.25, 0.3) is 0 Å². The van der Waals surface area contributed by atoms with E-state index in [1.807, 2.05) is 24.3 Å². The Labute approximate surface area is 90.6 Å². The molecule has 0 bridgehead atoms. The summed E-state index contributed by atoms with van der Waals surface area (Å²) in [4.78, 5) is 10.8. The summed E-state index contributed by atoms with van der Waals surface area (Å²) in [6.45, 7) is 0.205. The summed E-state index contributed by atoms with van der Waals surface area (Å²) in [6, 6.07) is 7.79. The zero-order valence-corrected chi connectivity index (χ0v) is 9.37. The Hall–Kier alpha value is -0.780. The minimum Gasteiger partial charge on any atom is -0.468 e. The number of benzene rings is 1. The molecule has 0 saturated heterocycles. The van der Waals surface area contributed by atoms with Gasteiger partial charge in [0.1, 0.15) is 6.54 Å². The van der Waals surface area contributed by atoms with E-state index in [1.54, 1.807) is 0 Å². The van der Waals surface area contributed by atoms with Gasteiger partial charge < -0.3 is 10.1 Å². The van der Waals surface area contributed by atoms with E-state index in [4.69, 9.17) is 0 Å². The quantitative estimate of drug-likeness (QED) is 0.682. The third-order valence-corrected chi connectivity index (χ3v) is 2.23. The normalized spacial score (nSPS) is 9.38. The topological polar surface area (TPSA) is 38.3 Å². The molecule has 0 atom stereocenters. The van der Waals surface area contributed by atoms with Crippen molar-refractivity contribution < 1.29 is 9.53 Å². The summed E-state index contributed by atoms with van der Waals surface area (Å²) >= 11 is 2.23. The van der Waals surface area contributed by atoms with Gasteiger partial charge in [-0.3, -0.25) is 4.79 Å². The van der Waals surface area contributed by atoms with Crippen molar-refractivity contribution in [1.29, 1.82) is 0 Å². The molecule has 0 saturated carbocycles. The molecular formula is C9H10INO2. The van der Waals surface area contributed by atoms with Crippen LogP contribution < -0.4 is 5.32 Å². The van der Waals surface area contributed by atoms with Crippen molar-refractivity contribution in [2.45, 2.75) is 0 Å². The number of nitrogens with one attached hydrogen (secondary N) is 1. The van der Waals surface area contributed by atoms with Gasteiger partial charge in [0.2, 0.25) is 0 Å². The number of anilines is 1. The Bertz CT molecular complexity index is 284. The Morgan fingerprint density at radius 1 is 1.46 bits per heavy atom. The first-order valence-electron chi connectivity index (χ1n) is 3.78. The van der Waals surface area contributed by atoms with Crippen LogP contribution in [0.2, 0.25) is 0 Å². The number of carbonyl (C=O) groups is 1. The number of ether oxygens (including phenoxy) is 1. The zero-order valence-electron chi connectivity index (χ0n) is 7.21. The van der Waals surface area contributed by atoms with Gasteiger partial charge in [-0.1, -0.05) is 0 Å². The fraction of sp³-hybridized carbons (Fsp3) is 0.222. The van der Waals surface area contributed by atoms with E-state index in [0.717, 1.165) is 5.69 Å². The van der Waals surface area contributed by atoms with Gasteiger partial charge in [0.05, 0.1) is 7.11 Å². The fourth-order valence-electron chi connectivity index (χ4n) is 0.814. The van der Waals surface area contributed by atoms with Gasteiger partial charge in [0.15, 0.2) is 0 Å². The summed E-state index contributed by atoms with van der Waals surface area (Å²) in [5.41, 5.74) is 0.922. The van der Waals surface area contributed by atoms with Gasteiger partial charge in [-0.15, -0.1) is 0 Å². The highest BCUT2D eigenvalue weighted by atomic mass is 127. The minimum absolute atomic E-state index is 0.205. The van der Waals surface area contributed by atoms with Crippen molar-refractivity contribution in [3.8, 4) is 0 Å². The van der Waals surface area contributed by atoms with Crippen LogP contribution in [0, 0.1) is 3.57 Å². The summed E-state index contributed by atoms with van der Waals surface area (Å²) in [7, 11) is 1.37. The van der Waals surface area contributed by atoms with E-state index < -0.39 is 0 Å². The van der Waals surface area contributed by atoms with E-state index in [-0.39, 0.29) is 12.5 Å². The van der Waals surface area contributed by atoms with Crippen molar-refractivity contribution in [2.24, 2.45) is 0 Å². The van der Waals surface area contributed by atoms with E-state index >= 15 is 0 Å². The third-order valence-electron chi connectivity index (χ3n) is 1.51. The molecule has 0 unspecified atom stereocenters. The largest absolute Gasteiger partial charge is 0.468 e. The fourth-order valence-corrected chi connectivity index (χ4v) is 1.17. The molecule has 1 rings (SSSR count). The highest BCUT2D eigenvalue weighted by molar-refractivity contribution is 14.1. The molecule has 0 heterocycles. The smallest absolute Gasteiger partial charge is 0.325 e. The van der Waals surface area contributed by atoms with Crippen LogP contribution in [0.5, 0.6) is 0 Å². The molecule has 1 N–H and O–H groups in total. The third kappa shape index (κ3) is 3.63. The average Bonchev–Trinajstić information content (AvgIpc) is 2.16. The molecule has 4 heteroatoms. The molecule has 0 fully saturated rings. The van der Waals surface area contributed by atoms with Crippen LogP contribution in [0.1, 0.15) is 0 Å². The summed E-state index contributed by atoms with van der Waals surface area (Å²) in [5, 5.41) is 2.94. The van der Waals surface area contributed by atoms with Crippen LogP contribution in [0.15, 0.2) is 24.3 Å². The molecular weight excluding hydrogens is 281 g/mol. The molecule has 0 aliphatic carbocycles. The second kappa shape index (κ2) is 5.06. The van der Waals surface area contributed by atoms with Crippen molar-refractivity contribution in [3.05, 3.63) is 27.8 Å². The first-order chi connectivity index (χ1) is 6.22. The number of carbonyl (C=O) groups excluding carboxylic acids is 1. The molecule has 1 aromatic rings. The van der Waals surface area contributed by atoms with Crippen LogP contribution >= 0.6 is 22.6 Å². The summed E-state index contributed by atoms with van der Waals surface area (Å²) in [5.74, 6) is -0.265. The van der Waals surface area contributed by atoms with Crippen LogP contribution in [0.3, 0.4) is 0 Å². The second-order valence-corrected chi connectivity index (χ2v) is 3.68. The predicted octanol–water partition coefficient (Wildman–Crippen LogP) is 1.88. The van der Waals surface area contributed by atoms with E-state index in [9.17, 15) is 4.79 Å². The minimum atomic E-state index is -0.265. The van der Waals surface area contributed by atoms with Gasteiger partial charge in [0, 0.05) is 9.26 Å². The highest BCUT2D eigenvalue weighted by Crippen LogP contribution is 2.10. The first-order valence-corrected chi connectivity index (χ1v) is 4.86. The van der Waals surface area contributed by atoms with Crippen LogP contribution in [-0.4, -0.2) is 19.6 Å². The van der Waals surface area contributed by atoms with Gasteiger partial charge >= 0.3 is 5.97 Å². The van der Waals surface area contributed by atoms with Crippen molar-refractivity contribution in [1.82, 2.24) is 0 Å². The molecule has 13 heavy (non-hydrogen) atoms. The molecule has 1 aromatic carbocycles. The highest BCUT2D eigenvalue weighted by Gasteiger charge is 1.98. The van der Waals surface area contributed by atoms with Gasteiger partial charge in [-0.25, -0.2) is 0 Å². The molecule has 0 spiro atoms. The average molecular weight is 291 g/mol. The summed E-state index contributed by atoms with van der Waals surface area (Å²) < 4.78 is 5.66. The van der Waals surface area contributed by atoms with Crippen LogP contribution in [-0.2, 0) is 9.53 Å². The Balaban J connectivity index is 2.46. The molecule has 0 aromatic heterocycles. The second-order valence-electron chi connectivity index (χ2n) is 2.44. The molecule has 70 valence electrons. The number of rotatable bonds is 3. The Morgan fingerprint density at radius 2 is 2.08 bits per heavy atom. The molecule has 0 aliphatic rings. The maximum absolute atomic E-state index is 10.8. The number of hydrogen-bond acceptors (Lipinski definition) is 3. The summed E-state index contributed by atoms with van der Waals surface area (Å²) in [6.07, 6.45) is 0. The van der Waals surface area contributed by atoms with Crippen molar-refractivity contribution in [2.75, 3.05) is 19.0 Å². The SMILES string of the molecule is COC(=O)CNc1ccc(I)cc1. The van der Waals surface area contributed by atoms with Crippen molar-refractivity contribution in [3.63, 3.8) is 0 Å². The van der Waals surface area contributed by atoms with Gasteiger partial charge in [-0.2, -0.15) is 0 Å². The lowest BCUT2D eigenvalue weighted by Gasteiger charge is -2.04. The molecule has 0 aliphatic heterocycles. The molecule has 3 nitrogen and oxygen atoms in total. The van der Waals surface area contributed by atoms with Crippen LogP contribution in [0.4, 0.5) is 5.69 Å². The van der Waals surface area contributed by atoms with E-state index in [2.05, 4.69) is 32.6 Å². The standard InChI is InChI=1S/C9H10INO2/c1-13-9(12)6-11-8-4-2-7(10)3-5-8/h2-5,11H,6H2,1H3. The van der Waals surface area contributed by atoms with Crippen molar-refractivity contribution >= 4 is 34.2 Å². The van der Waals surface area contributed by atoms with E-state index in [0.29, 0.717) is 0 Å². The van der Waals surface area contributed by atoms with Gasteiger partial charge in [0.25, 0.3) is 0 Å². The number of halogens is 1. The Morgan fingerprint density at radius 3 is 2.62 bits per heavy atom. The predicted molar refractivity (Wildman–Crippen MR) is 59.7 cm³/mol. The first kappa shape index (κ1) is 10.3. The number of methoxy groups -OCH3 is 1.